The lowest BCUT2D eigenvalue weighted by atomic mass is 10.1. The number of aromatic nitrogens is 2. The van der Waals surface area contributed by atoms with Gasteiger partial charge in [-0.2, -0.15) is 9.40 Å². The number of carbonyl (C=O) groups excluding carboxylic acids is 3. The third kappa shape index (κ3) is 6.42. The van der Waals surface area contributed by atoms with Crippen LogP contribution in [-0.4, -0.2) is 59.4 Å². The van der Waals surface area contributed by atoms with Crippen molar-refractivity contribution in [2.45, 2.75) is 17.7 Å². The molecule has 1 saturated heterocycles. The number of benzene rings is 2. The number of amides is 3. The van der Waals surface area contributed by atoms with Gasteiger partial charge in [0, 0.05) is 24.1 Å². The second kappa shape index (κ2) is 11.9. The maximum Gasteiger partial charge on any atom is 0.299 e. The monoisotopic (exact) mass is 588 g/mol. The van der Waals surface area contributed by atoms with Crippen LogP contribution in [0, 0.1) is 0 Å². The van der Waals surface area contributed by atoms with Gasteiger partial charge in [0.25, 0.3) is 11.8 Å². The summed E-state index contributed by atoms with van der Waals surface area (Å²) < 4.78 is 27.8. The van der Waals surface area contributed by atoms with Crippen molar-refractivity contribution in [3.8, 4) is 0 Å². The third-order valence-electron chi connectivity index (χ3n) is 5.70. The number of hydrogen-bond donors (Lipinski definition) is 3. The molecule has 4 rings (SSSR count). The molecule has 1 aliphatic heterocycles. The van der Waals surface area contributed by atoms with Gasteiger partial charge in [-0.15, -0.1) is 0 Å². The molecule has 3 aromatic rings. The zero-order valence-corrected chi connectivity index (χ0v) is 22.6. The summed E-state index contributed by atoms with van der Waals surface area (Å²) in [6.45, 7) is 3.49. The Kier molecular flexibility index (Phi) is 8.60. The zero-order chi connectivity index (χ0) is 28.2. The van der Waals surface area contributed by atoms with Gasteiger partial charge in [-0.25, -0.2) is 13.4 Å². The van der Waals surface area contributed by atoms with Crippen molar-refractivity contribution in [1.82, 2.24) is 14.5 Å². The molecule has 0 saturated carbocycles. The van der Waals surface area contributed by atoms with Gasteiger partial charge < -0.3 is 10.6 Å². The molecule has 39 heavy (non-hydrogen) atoms. The molecule has 1 fully saturated rings. The van der Waals surface area contributed by atoms with Gasteiger partial charge in [0.2, 0.25) is 15.9 Å². The number of hydrogen-bond acceptors (Lipinski definition) is 6. The second-order valence-electron chi connectivity index (χ2n) is 8.34. The van der Waals surface area contributed by atoms with E-state index in [2.05, 4.69) is 32.4 Å². The smallest absolute Gasteiger partial charge is 0.299 e. The Morgan fingerprint density at radius 3 is 2.54 bits per heavy atom. The van der Waals surface area contributed by atoms with Crippen molar-refractivity contribution >= 4 is 68.0 Å². The Bertz CT molecular complexity index is 1580. The number of sulfonamides is 1. The molecule has 0 aliphatic carbocycles. The van der Waals surface area contributed by atoms with E-state index in [4.69, 9.17) is 23.2 Å². The normalized spacial score (nSPS) is 15.1. The highest BCUT2D eigenvalue weighted by Gasteiger charge is 2.29. The fraction of sp³-hybridized carbons (Fsp3) is 0.160. The minimum absolute atomic E-state index is 0.0209. The zero-order valence-electron chi connectivity index (χ0n) is 20.3. The van der Waals surface area contributed by atoms with Crippen LogP contribution in [-0.2, 0) is 14.8 Å². The summed E-state index contributed by atoms with van der Waals surface area (Å²) >= 11 is 12.2. The van der Waals surface area contributed by atoms with Crippen LogP contribution in [0.3, 0.4) is 0 Å². The molecule has 11 nitrogen and oxygen atoms in total. The number of piperidine rings is 1. The molecule has 3 amide bonds. The summed E-state index contributed by atoms with van der Waals surface area (Å²) in [6, 6.07) is 10.4. The van der Waals surface area contributed by atoms with Crippen LogP contribution < -0.4 is 10.6 Å². The molecule has 2 heterocycles. The van der Waals surface area contributed by atoms with Crippen molar-refractivity contribution in [2.75, 3.05) is 23.7 Å². The number of aliphatic imine (C=N–C) groups is 1. The molecule has 3 N–H and O–H groups in total. The van der Waals surface area contributed by atoms with Crippen molar-refractivity contribution in [2.24, 2.45) is 4.99 Å². The van der Waals surface area contributed by atoms with Crippen LogP contribution in [0.5, 0.6) is 0 Å². The number of carbonyl (C=O) groups is 3. The van der Waals surface area contributed by atoms with E-state index in [1.165, 1.54) is 40.8 Å². The summed E-state index contributed by atoms with van der Waals surface area (Å²) in [5.41, 5.74) is 0.565. The maximum atomic E-state index is 13.3. The van der Waals surface area contributed by atoms with E-state index in [0.717, 1.165) is 6.08 Å². The van der Waals surface area contributed by atoms with Gasteiger partial charge in [0.1, 0.15) is 0 Å². The van der Waals surface area contributed by atoms with E-state index in [1.807, 2.05) is 0 Å². The Labute approximate surface area is 234 Å². The van der Waals surface area contributed by atoms with Crippen molar-refractivity contribution in [1.29, 1.82) is 0 Å². The molecule has 202 valence electrons. The van der Waals surface area contributed by atoms with Gasteiger partial charge in [0.05, 0.1) is 32.7 Å². The highest BCUT2D eigenvalue weighted by molar-refractivity contribution is 7.89. The molecule has 0 atom stereocenters. The largest absolute Gasteiger partial charge is 0.322 e. The van der Waals surface area contributed by atoms with Crippen LogP contribution in [0.4, 0.5) is 11.4 Å². The van der Waals surface area contributed by atoms with Crippen LogP contribution in [0.25, 0.3) is 0 Å². The van der Waals surface area contributed by atoms with E-state index in [0.29, 0.717) is 24.2 Å². The fourth-order valence-electron chi connectivity index (χ4n) is 3.84. The van der Waals surface area contributed by atoms with E-state index in [1.54, 1.807) is 12.1 Å². The van der Waals surface area contributed by atoms with E-state index >= 15 is 0 Å². The average molecular weight is 589 g/mol. The molecular weight excluding hydrogens is 567 g/mol. The van der Waals surface area contributed by atoms with Gasteiger partial charge in [-0.05, 0) is 49.2 Å². The Hall–Kier alpha value is -3.84. The second-order valence-corrected chi connectivity index (χ2v) is 11.1. The summed E-state index contributed by atoms with van der Waals surface area (Å²) in [7, 11) is -3.95. The minimum atomic E-state index is -3.95. The van der Waals surface area contributed by atoms with Gasteiger partial charge in [-0.1, -0.05) is 41.9 Å². The van der Waals surface area contributed by atoms with E-state index in [9.17, 15) is 22.8 Å². The van der Waals surface area contributed by atoms with Crippen LogP contribution in [0.2, 0.25) is 10.0 Å². The third-order valence-corrected chi connectivity index (χ3v) is 8.17. The Morgan fingerprint density at radius 1 is 1.10 bits per heavy atom. The minimum Gasteiger partial charge on any atom is -0.322 e. The first-order valence-corrected chi connectivity index (χ1v) is 13.7. The lowest BCUT2D eigenvalue weighted by Crippen LogP contribution is -2.40. The summed E-state index contributed by atoms with van der Waals surface area (Å²) in [6.07, 6.45) is 3.22. The number of nitrogens with one attached hydrogen (secondary N) is 3. The Morgan fingerprint density at radius 2 is 1.82 bits per heavy atom. The van der Waals surface area contributed by atoms with Gasteiger partial charge in [-0.3, -0.25) is 19.5 Å². The standard InChI is InChI=1S/C25H22Cl2N6O5S/c1-2-21(34)29-15-6-3-8-17(12-15)39(37,38)33-11-5-7-16(14-33)30-25(36)23-20(13-28-32-23)31-24(35)22-18(26)9-4-10-19(22)27/h2-4,6,8-10,12-13H,1,5,7,11,14H2,(H,28,32)(H,29,34)(H,31,35)/b30-16-. The SMILES string of the molecule is C=CC(=O)Nc1cccc(S(=O)(=O)N2CCC/C(=N/C(=O)c3n[nH]cc3NC(=O)c3c(Cl)cccc3Cl)C2)c1. The number of anilines is 2. The summed E-state index contributed by atoms with van der Waals surface area (Å²) in [5, 5.41) is 11.8. The summed E-state index contributed by atoms with van der Waals surface area (Å²) in [4.78, 5) is 41.4. The maximum absolute atomic E-state index is 13.3. The van der Waals surface area contributed by atoms with Crippen molar-refractivity contribution in [3.05, 3.63) is 82.6 Å². The molecule has 0 radical (unpaired) electrons. The number of rotatable bonds is 7. The highest BCUT2D eigenvalue weighted by atomic mass is 35.5. The lowest BCUT2D eigenvalue weighted by molar-refractivity contribution is -0.111. The lowest BCUT2D eigenvalue weighted by Gasteiger charge is -2.27. The number of H-pyrrole nitrogens is 1. The highest BCUT2D eigenvalue weighted by Crippen LogP contribution is 2.26. The molecule has 0 unspecified atom stereocenters. The molecular formula is C25H22Cl2N6O5S. The molecule has 14 heteroatoms. The van der Waals surface area contributed by atoms with Crippen LogP contribution in [0.1, 0.15) is 33.7 Å². The quantitative estimate of drug-likeness (QED) is 0.352. The fourth-order valence-corrected chi connectivity index (χ4v) is 5.92. The predicted octanol–water partition coefficient (Wildman–Crippen LogP) is 4.16. The predicted molar refractivity (Wildman–Crippen MR) is 148 cm³/mol. The van der Waals surface area contributed by atoms with Gasteiger partial charge in [0.15, 0.2) is 5.69 Å². The first kappa shape index (κ1) is 28.2. The number of aromatic amines is 1. The first-order valence-electron chi connectivity index (χ1n) is 11.5. The van der Waals surface area contributed by atoms with Gasteiger partial charge >= 0.3 is 0 Å². The topological polar surface area (TPSA) is 154 Å². The van der Waals surface area contributed by atoms with Crippen LogP contribution >= 0.6 is 23.2 Å². The van der Waals surface area contributed by atoms with Crippen LogP contribution in [0.15, 0.2) is 71.2 Å². The Balaban J connectivity index is 1.51. The average Bonchev–Trinajstić information content (AvgIpc) is 3.37. The number of nitrogens with zero attached hydrogens (tertiary/aromatic N) is 3. The number of halogens is 2. The molecule has 0 bridgehead atoms. The van der Waals surface area contributed by atoms with E-state index in [-0.39, 0.29) is 45.0 Å². The first-order chi connectivity index (χ1) is 18.6. The molecule has 0 spiro atoms. The van der Waals surface area contributed by atoms with Crippen molar-refractivity contribution < 1.29 is 22.8 Å². The summed E-state index contributed by atoms with van der Waals surface area (Å²) in [5.74, 6) is -1.88. The molecule has 1 aromatic heterocycles. The van der Waals surface area contributed by atoms with E-state index < -0.39 is 27.7 Å². The molecule has 2 aromatic carbocycles. The molecule has 1 aliphatic rings. The van der Waals surface area contributed by atoms with Crippen molar-refractivity contribution in [3.63, 3.8) is 0 Å².